The predicted molar refractivity (Wildman–Crippen MR) is 105 cm³/mol. The van der Waals surface area contributed by atoms with E-state index in [1.54, 1.807) is 12.3 Å². The minimum atomic E-state index is -0.819. The van der Waals surface area contributed by atoms with Gasteiger partial charge in [-0.25, -0.2) is 14.8 Å². The van der Waals surface area contributed by atoms with Crippen molar-refractivity contribution in [3.8, 4) is 17.0 Å². The summed E-state index contributed by atoms with van der Waals surface area (Å²) in [7, 11) is 0. The fraction of sp³-hybridized carbons (Fsp3) is 0.190. The summed E-state index contributed by atoms with van der Waals surface area (Å²) in [6, 6.07) is 15.6. The van der Waals surface area contributed by atoms with Crippen molar-refractivity contribution in [3.05, 3.63) is 60.3 Å². The van der Waals surface area contributed by atoms with Crippen LogP contribution in [0.15, 0.2) is 54.7 Å². The second-order valence-corrected chi connectivity index (χ2v) is 7.45. The van der Waals surface area contributed by atoms with Crippen LogP contribution in [0.5, 0.6) is 5.75 Å². The van der Waals surface area contributed by atoms with E-state index in [1.807, 2.05) is 46.9 Å². The number of amides is 1. The molecule has 0 bridgehead atoms. The lowest BCUT2D eigenvalue weighted by Crippen LogP contribution is -2.20. The number of hydrogen-bond donors (Lipinski definition) is 1. The van der Waals surface area contributed by atoms with Crippen molar-refractivity contribution >= 4 is 22.9 Å². The Morgan fingerprint density at radius 1 is 1.11 bits per heavy atom. The molecule has 6 nitrogen and oxygen atoms in total. The number of primary amides is 1. The van der Waals surface area contributed by atoms with Gasteiger partial charge in [0.15, 0.2) is 0 Å². The van der Waals surface area contributed by atoms with Gasteiger partial charge in [-0.1, -0.05) is 32.9 Å². The Morgan fingerprint density at radius 2 is 1.89 bits per heavy atom. The van der Waals surface area contributed by atoms with Crippen molar-refractivity contribution in [2.45, 2.75) is 26.2 Å². The number of hydrogen-bond acceptors (Lipinski definition) is 4. The third kappa shape index (κ3) is 2.99. The van der Waals surface area contributed by atoms with Gasteiger partial charge in [0, 0.05) is 11.8 Å². The van der Waals surface area contributed by atoms with Gasteiger partial charge in [0.25, 0.3) is 0 Å². The highest BCUT2D eigenvalue weighted by Gasteiger charge is 2.22. The van der Waals surface area contributed by atoms with Crippen LogP contribution in [0.2, 0.25) is 0 Å². The van der Waals surface area contributed by atoms with Crippen molar-refractivity contribution in [1.82, 2.24) is 14.4 Å². The lowest BCUT2D eigenvalue weighted by molar-refractivity contribution is 0.210. The molecule has 0 fully saturated rings. The van der Waals surface area contributed by atoms with Crippen molar-refractivity contribution < 1.29 is 9.53 Å². The molecule has 0 aliphatic carbocycles. The quantitative estimate of drug-likeness (QED) is 0.577. The average Bonchev–Trinajstić information content (AvgIpc) is 2.99. The summed E-state index contributed by atoms with van der Waals surface area (Å²) in [6.45, 7) is 6.19. The van der Waals surface area contributed by atoms with Crippen molar-refractivity contribution in [3.63, 3.8) is 0 Å². The second-order valence-electron chi connectivity index (χ2n) is 7.45. The first kappa shape index (κ1) is 17.0. The Kier molecular flexibility index (Phi) is 3.84. The van der Waals surface area contributed by atoms with E-state index < -0.39 is 6.09 Å². The monoisotopic (exact) mass is 360 g/mol. The van der Waals surface area contributed by atoms with Gasteiger partial charge < -0.3 is 10.5 Å². The maximum atomic E-state index is 11.3. The van der Waals surface area contributed by atoms with E-state index >= 15 is 0 Å². The second kappa shape index (κ2) is 6.09. The zero-order valence-electron chi connectivity index (χ0n) is 15.4. The number of rotatable bonds is 2. The number of para-hydroxylation sites is 2. The summed E-state index contributed by atoms with van der Waals surface area (Å²) in [5, 5.41) is 0. The summed E-state index contributed by atoms with van der Waals surface area (Å²) in [6.07, 6.45) is 0.932. The number of aromatic nitrogens is 3. The minimum Gasteiger partial charge on any atom is -0.410 e. The van der Waals surface area contributed by atoms with Gasteiger partial charge in [0.1, 0.15) is 5.75 Å². The van der Waals surface area contributed by atoms with E-state index in [0.717, 1.165) is 27.9 Å². The zero-order chi connectivity index (χ0) is 19.2. The van der Waals surface area contributed by atoms with Gasteiger partial charge in [-0.15, -0.1) is 0 Å². The van der Waals surface area contributed by atoms with E-state index in [0.29, 0.717) is 11.5 Å². The molecule has 2 heterocycles. The number of carbonyl (C=O) groups excluding carboxylic acids is 1. The molecule has 0 saturated heterocycles. The fourth-order valence-electron chi connectivity index (χ4n) is 3.28. The number of imidazole rings is 1. The molecular weight excluding hydrogens is 340 g/mol. The summed E-state index contributed by atoms with van der Waals surface area (Å²) < 4.78 is 7.25. The van der Waals surface area contributed by atoms with Gasteiger partial charge in [-0.05, 0) is 47.4 Å². The maximum absolute atomic E-state index is 11.3. The van der Waals surface area contributed by atoms with Gasteiger partial charge >= 0.3 is 6.09 Å². The molecule has 136 valence electrons. The summed E-state index contributed by atoms with van der Waals surface area (Å²) in [5.74, 6) is 1.11. The van der Waals surface area contributed by atoms with Crippen molar-refractivity contribution in [1.29, 1.82) is 0 Å². The maximum Gasteiger partial charge on any atom is 0.409 e. The SMILES string of the molecule is CC(C)(C)c1cc(-c2ccnc3nc4ccccc4n23)ccc1OC(N)=O. The topological polar surface area (TPSA) is 82.5 Å². The molecule has 6 heteroatoms. The molecule has 4 rings (SSSR count). The molecule has 2 aromatic carbocycles. The third-order valence-corrected chi connectivity index (χ3v) is 4.50. The number of nitrogens with zero attached hydrogens (tertiary/aromatic N) is 3. The smallest absolute Gasteiger partial charge is 0.409 e. The Hall–Kier alpha value is -3.41. The highest BCUT2D eigenvalue weighted by Crippen LogP contribution is 2.35. The van der Waals surface area contributed by atoms with Crippen LogP contribution < -0.4 is 10.5 Å². The average molecular weight is 360 g/mol. The molecule has 2 aromatic heterocycles. The van der Waals surface area contributed by atoms with Crippen LogP contribution in [-0.4, -0.2) is 20.5 Å². The highest BCUT2D eigenvalue weighted by atomic mass is 16.5. The largest absolute Gasteiger partial charge is 0.410 e. The summed E-state index contributed by atoms with van der Waals surface area (Å²) >= 11 is 0. The van der Waals surface area contributed by atoms with Crippen molar-refractivity contribution in [2.24, 2.45) is 5.73 Å². The fourth-order valence-corrected chi connectivity index (χ4v) is 3.28. The molecule has 0 radical (unpaired) electrons. The minimum absolute atomic E-state index is 0.232. The van der Waals surface area contributed by atoms with Gasteiger partial charge in [-0.3, -0.25) is 4.40 Å². The molecule has 0 aliphatic rings. The van der Waals surface area contributed by atoms with E-state index in [4.69, 9.17) is 10.5 Å². The van der Waals surface area contributed by atoms with Crippen LogP contribution in [0.25, 0.3) is 28.1 Å². The Bertz CT molecular complexity index is 1170. The molecule has 0 unspecified atom stereocenters. The van der Waals surface area contributed by atoms with E-state index in [-0.39, 0.29) is 5.41 Å². The Labute approximate surface area is 156 Å². The predicted octanol–water partition coefficient (Wildman–Crippen LogP) is 4.30. The van der Waals surface area contributed by atoms with Crippen LogP contribution >= 0.6 is 0 Å². The normalized spacial score (nSPS) is 11.8. The van der Waals surface area contributed by atoms with Crippen LogP contribution in [0, 0.1) is 0 Å². The number of benzene rings is 2. The van der Waals surface area contributed by atoms with Crippen LogP contribution in [0.3, 0.4) is 0 Å². The number of fused-ring (bicyclic) bond motifs is 3. The first-order chi connectivity index (χ1) is 12.8. The van der Waals surface area contributed by atoms with Gasteiger partial charge in [-0.2, -0.15) is 0 Å². The van der Waals surface area contributed by atoms with Gasteiger partial charge in [0.2, 0.25) is 5.78 Å². The molecule has 1 amide bonds. The number of carbonyl (C=O) groups is 1. The standard InChI is InChI=1S/C21H20N4O2/c1-21(2,3)14-12-13(8-9-18(14)27-19(22)26)16-10-11-23-20-24-15-6-4-5-7-17(15)25(16)20/h4-12H,1-3H3,(H2,22,26). The third-order valence-electron chi connectivity index (χ3n) is 4.50. The molecule has 2 N–H and O–H groups in total. The summed E-state index contributed by atoms with van der Waals surface area (Å²) in [4.78, 5) is 20.3. The Morgan fingerprint density at radius 3 is 2.63 bits per heavy atom. The van der Waals surface area contributed by atoms with Crippen molar-refractivity contribution in [2.75, 3.05) is 0 Å². The number of nitrogens with two attached hydrogens (primary N) is 1. The van der Waals surface area contributed by atoms with E-state index in [9.17, 15) is 4.79 Å². The molecule has 0 spiro atoms. The zero-order valence-corrected chi connectivity index (χ0v) is 15.4. The molecular formula is C21H20N4O2. The lowest BCUT2D eigenvalue weighted by Gasteiger charge is -2.23. The highest BCUT2D eigenvalue weighted by molar-refractivity contribution is 5.82. The van der Waals surface area contributed by atoms with E-state index in [1.165, 1.54) is 0 Å². The first-order valence-corrected chi connectivity index (χ1v) is 8.69. The Balaban J connectivity index is 1.97. The molecule has 4 aromatic rings. The molecule has 0 atom stereocenters. The van der Waals surface area contributed by atoms with Gasteiger partial charge in [0.05, 0.1) is 16.7 Å². The molecule has 0 saturated carbocycles. The lowest BCUT2D eigenvalue weighted by atomic mass is 9.85. The molecule has 0 aliphatic heterocycles. The molecule has 27 heavy (non-hydrogen) atoms. The van der Waals surface area contributed by atoms with Crippen LogP contribution in [-0.2, 0) is 5.41 Å². The van der Waals surface area contributed by atoms with E-state index in [2.05, 4.69) is 30.7 Å². The number of ether oxygens (including phenoxy) is 1. The van der Waals surface area contributed by atoms with Crippen LogP contribution in [0.4, 0.5) is 4.79 Å². The van der Waals surface area contributed by atoms with Crippen LogP contribution in [0.1, 0.15) is 26.3 Å². The first-order valence-electron chi connectivity index (χ1n) is 8.69. The summed E-state index contributed by atoms with van der Waals surface area (Å²) in [5.41, 5.74) is 9.71.